The summed E-state index contributed by atoms with van der Waals surface area (Å²) in [6, 6.07) is 9.56. The van der Waals surface area contributed by atoms with Crippen LogP contribution in [0.3, 0.4) is 0 Å². The Hall–Kier alpha value is -2.14. The van der Waals surface area contributed by atoms with Gasteiger partial charge in [0.2, 0.25) is 5.89 Å². The molecule has 21 heavy (non-hydrogen) atoms. The molecule has 1 aliphatic rings. The molecule has 0 radical (unpaired) electrons. The van der Waals surface area contributed by atoms with E-state index in [4.69, 9.17) is 4.42 Å². The SMILES string of the molecule is O=C(NCCC1CCNC1)c1coc(-c2ccccc2)n1. The van der Waals surface area contributed by atoms with Gasteiger partial charge in [-0.05, 0) is 44.0 Å². The third kappa shape index (κ3) is 3.49. The van der Waals surface area contributed by atoms with Crippen LogP contribution in [0.1, 0.15) is 23.3 Å². The molecule has 1 aromatic carbocycles. The molecule has 1 aromatic heterocycles. The Labute approximate surface area is 123 Å². The van der Waals surface area contributed by atoms with Crippen molar-refractivity contribution in [3.05, 3.63) is 42.3 Å². The summed E-state index contributed by atoms with van der Waals surface area (Å²) in [6.45, 7) is 2.82. The molecule has 0 saturated carbocycles. The monoisotopic (exact) mass is 285 g/mol. The Bertz CT molecular complexity index is 589. The van der Waals surface area contributed by atoms with E-state index in [1.165, 1.54) is 12.7 Å². The van der Waals surface area contributed by atoms with Crippen LogP contribution in [0.15, 0.2) is 41.0 Å². The number of nitrogens with one attached hydrogen (secondary N) is 2. The second-order valence-electron chi connectivity index (χ2n) is 5.31. The first-order chi connectivity index (χ1) is 10.3. The number of oxazole rings is 1. The molecule has 110 valence electrons. The highest BCUT2D eigenvalue weighted by Crippen LogP contribution is 2.18. The minimum absolute atomic E-state index is 0.174. The summed E-state index contributed by atoms with van der Waals surface area (Å²) in [5.41, 5.74) is 1.20. The molecule has 3 rings (SSSR count). The quantitative estimate of drug-likeness (QED) is 0.882. The van der Waals surface area contributed by atoms with Gasteiger partial charge < -0.3 is 15.1 Å². The Morgan fingerprint density at radius 2 is 2.24 bits per heavy atom. The van der Waals surface area contributed by atoms with Gasteiger partial charge in [-0.2, -0.15) is 0 Å². The van der Waals surface area contributed by atoms with E-state index in [1.807, 2.05) is 30.3 Å². The van der Waals surface area contributed by atoms with Gasteiger partial charge in [0.1, 0.15) is 6.26 Å². The zero-order valence-electron chi connectivity index (χ0n) is 11.8. The van der Waals surface area contributed by atoms with Crippen LogP contribution >= 0.6 is 0 Å². The van der Waals surface area contributed by atoms with E-state index in [9.17, 15) is 4.79 Å². The molecule has 2 aromatic rings. The van der Waals surface area contributed by atoms with Crippen molar-refractivity contribution in [1.82, 2.24) is 15.6 Å². The lowest BCUT2D eigenvalue weighted by atomic mass is 10.1. The highest BCUT2D eigenvalue weighted by Gasteiger charge is 2.16. The number of hydrogen-bond acceptors (Lipinski definition) is 4. The van der Waals surface area contributed by atoms with E-state index in [0.29, 0.717) is 24.0 Å². The van der Waals surface area contributed by atoms with E-state index < -0.39 is 0 Å². The minimum Gasteiger partial charge on any atom is -0.444 e. The fourth-order valence-electron chi connectivity index (χ4n) is 2.53. The summed E-state index contributed by atoms with van der Waals surface area (Å²) >= 11 is 0. The number of rotatable bonds is 5. The van der Waals surface area contributed by atoms with Crippen LogP contribution in [0.4, 0.5) is 0 Å². The van der Waals surface area contributed by atoms with E-state index >= 15 is 0 Å². The maximum Gasteiger partial charge on any atom is 0.273 e. The second kappa shape index (κ2) is 6.54. The van der Waals surface area contributed by atoms with Crippen LogP contribution < -0.4 is 10.6 Å². The molecule has 2 N–H and O–H groups in total. The van der Waals surface area contributed by atoms with Gasteiger partial charge in [-0.3, -0.25) is 4.79 Å². The van der Waals surface area contributed by atoms with Crippen molar-refractivity contribution >= 4 is 5.91 Å². The van der Waals surface area contributed by atoms with E-state index in [1.54, 1.807) is 0 Å². The number of hydrogen-bond donors (Lipinski definition) is 2. The summed E-state index contributed by atoms with van der Waals surface area (Å²) in [6.07, 6.45) is 3.61. The molecule has 1 aliphatic heterocycles. The van der Waals surface area contributed by atoms with Crippen LogP contribution in [0.2, 0.25) is 0 Å². The van der Waals surface area contributed by atoms with Crippen molar-refractivity contribution in [3.8, 4) is 11.5 Å². The van der Waals surface area contributed by atoms with Gasteiger partial charge in [0.25, 0.3) is 5.91 Å². The molecule has 1 fully saturated rings. The van der Waals surface area contributed by atoms with Gasteiger partial charge in [0.15, 0.2) is 5.69 Å². The van der Waals surface area contributed by atoms with Gasteiger partial charge in [-0.25, -0.2) is 4.98 Å². The Morgan fingerprint density at radius 3 is 3.00 bits per heavy atom. The molecule has 1 amide bonds. The zero-order chi connectivity index (χ0) is 14.5. The van der Waals surface area contributed by atoms with Crippen molar-refractivity contribution in [3.63, 3.8) is 0 Å². The van der Waals surface area contributed by atoms with Crippen LogP contribution in [0.5, 0.6) is 0 Å². The number of aromatic nitrogens is 1. The standard InChI is InChI=1S/C16H19N3O2/c20-15(18-9-7-12-6-8-17-10-12)14-11-21-16(19-14)13-4-2-1-3-5-13/h1-5,11-12,17H,6-10H2,(H,18,20). The molecule has 2 heterocycles. The fraction of sp³-hybridized carbons (Fsp3) is 0.375. The third-order valence-electron chi connectivity index (χ3n) is 3.76. The van der Waals surface area contributed by atoms with Gasteiger partial charge in [0, 0.05) is 12.1 Å². The van der Waals surface area contributed by atoms with Crippen molar-refractivity contribution in [2.75, 3.05) is 19.6 Å². The third-order valence-corrected chi connectivity index (χ3v) is 3.76. The number of carbonyl (C=O) groups is 1. The summed E-state index contributed by atoms with van der Waals surface area (Å²) < 4.78 is 5.37. The number of amides is 1. The largest absolute Gasteiger partial charge is 0.444 e. The summed E-state index contributed by atoms with van der Waals surface area (Å²) in [5.74, 6) is 0.968. The molecule has 1 atom stereocenters. The summed E-state index contributed by atoms with van der Waals surface area (Å²) in [4.78, 5) is 16.3. The van der Waals surface area contributed by atoms with Gasteiger partial charge in [0.05, 0.1) is 0 Å². The van der Waals surface area contributed by atoms with Crippen molar-refractivity contribution < 1.29 is 9.21 Å². The van der Waals surface area contributed by atoms with Crippen molar-refractivity contribution in [2.45, 2.75) is 12.8 Å². The van der Waals surface area contributed by atoms with Crippen LogP contribution in [-0.2, 0) is 0 Å². The van der Waals surface area contributed by atoms with Crippen LogP contribution in [-0.4, -0.2) is 30.5 Å². The molecule has 0 spiro atoms. The fourth-order valence-corrected chi connectivity index (χ4v) is 2.53. The van der Waals surface area contributed by atoms with Crippen LogP contribution in [0.25, 0.3) is 11.5 Å². The lowest BCUT2D eigenvalue weighted by molar-refractivity contribution is 0.0946. The lowest BCUT2D eigenvalue weighted by Crippen LogP contribution is -2.26. The maximum atomic E-state index is 12.0. The van der Waals surface area contributed by atoms with Crippen molar-refractivity contribution in [2.24, 2.45) is 5.92 Å². The molecule has 1 unspecified atom stereocenters. The minimum atomic E-state index is -0.174. The smallest absolute Gasteiger partial charge is 0.273 e. The molecule has 1 saturated heterocycles. The van der Waals surface area contributed by atoms with E-state index in [-0.39, 0.29) is 5.91 Å². The molecular formula is C16H19N3O2. The normalized spacial score (nSPS) is 17.8. The number of nitrogens with zero attached hydrogens (tertiary/aromatic N) is 1. The first-order valence-corrected chi connectivity index (χ1v) is 7.33. The van der Waals surface area contributed by atoms with E-state index in [2.05, 4.69) is 15.6 Å². The average molecular weight is 285 g/mol. The first-order valence-electron chi connectivity index (χ1n) is 7.33. The Morgan fingerprint density at radius 1 is 1.38 bits per heavy atom. The molecular weight excluding hydrogens is 266 g/mol. The summed E-state index contributed by atoms with van der Waals surface area (Å²) in [5, 5.41) is 6.23. The van der Waals surface area contributed by atoms with Gasteiger partial charge >= 0.3 is 0 Å². The topological polar surface area (TPSA) is 67.2 Å². The Kier molecular flexibility index (Phi) is 4.31. The molecule has 5 nitrogen and oxygen atoms in total. The van der Waals surface area contributed by atoms with Crippen molar-refractivity contribution in [1.29, 1.82) is 0 Å². The lowest BCUT2D eigenvalue weighted by Gasteiger charge is -2.08. The molecule has 0 aliphatic carbocycles. The highest BCUT2D eigenvalue weighted by molar-refractivity contribution is 5.92. The zero-order valence-corrected chi connectivity index (χ0v) is 11.8. The average Bonchev–Trinajstić information content (AvgIpc) is 3.20. The van der Waals surface area contributed by atoms with Crippen LogP contribution in [0, 0.1) is 5.92 Å². The predicted molar refractivity (Wildman–Crippen MR) is 79.9 cm³/mol. The predicted octanol–water partition coefficient (Wildman–Crippen LogP) is 2.07. The number of benzene rings is 1. The van der Waals surface area contributed by atoms with Gasteiger partial charge in [-0.15, -0.1) is 0 Å². The highest BCUT2D eigenvalue weighted by atomic mass is 16.3. The first kappa shape index (κ1) is 13.8. The second-order valence-corrected chi connectivity index (χ2v) is 5.31. The molecule has 5 heteroatoms. The Balaban J connectivity index is 1.54. The van der Waals surface area contributed by atoms with E-state index in [0.717, 1.165) is 25.1 Å². The number of carbonyl (C=O) groups excluding carboxylic acids is 1. The maximum absolute atomic E-state index is 12.0. The summed E-state index contributed by atoms with van der Waals surface area (Å²) in [7, 11) is 0. The van der Waals surface area contributed by atoms with Gasteiger partial charge in [-0.1, -0.05) is 18.2 Å². The molecule has 0 bridgehead atoms.